The molecular weight excluding hydrogens is 240 g/mol. The molecule has 0 atom stereocenters. The van der Waals surface area contributed by atoms with E-state index in [9.17, 15) is 4.79 Å². The fourth-order valence-electron chi connectivity index (χ4n) is 1.70. The van der Waals surface area contributed by atoms with Crippen LogP contribution in [-0.4, -0.2) is 19.3 Å². The number of imidazole rings is 1. The molecule has 17 heavy (non-hydrogen) atoms. The predicted molar refractivity (Wildman–Crippen MR) is 63.8 cm³/mol. The van der Waals surface area contributed by atoms with Crippen molar-refractivity contribution in [3.05, 3.63) is 27.9 Å². The Bertz CT molecular complexity index is 580. The summed E-state index contributed by atoms with van der Waals surface area (Å²) in [6, 6.07) is 0.402. The van der Waals surface area contributed by atoms with Gasteiger partial charge in [0.1, 0.15) is 5.01 Å². The number of nitrogens with zero attached hydrogens (tertiary/aromatic N) is 4. The van der Waals surface area contributed by atoms with Crippen LogP contribution in [0, 0.1) is 0 Å². The van der Waals surface area contributed by atoms with E-state index in [1.165, 1.54) is 11.3 Å². The average Bonchev–Trinajstić information content (AvgIpc) is 2.97. The van der Waals surface area contributed by atoms with E-state index in [1.807, 2.05) is 6.20 Å². The summed E-state index contributed by atoms with van der Waals surface area (Å²) in [5.74, 6) is 5.22. The summed E-state index contributed by atoms with van der Waals surface area (Å²) >= 11 is 1.34. The minimum Gasteiger partial charge on any atom is -0.298 e. The zero-order chi connectivity index (χ0) is 11.8. The summed E-state index contributed by atoms with van der Waals surface area (Å²) in [7, 11) is 0. The minimum absolute atomic E-state index is 0.0185. The number of hydrogen-bond donors (Lipinski definition) is 2. The maximum Gasteiger partial charge on any atom is 0.328 e. The number of rotatable bonds is 4. The Hall–Kier alpha value is -1.67. The Kier molecular flexibility index (Phi) is 2.45. The van der Waals surface area contributed by atoms with Crippen molar-refractivity contribution >= 4 is 16.5 Å². The second-order valence-corrected chi connectivity index (χ2v) is 5.05. The van der Waals surface area contributed by atoms with E-state index >= 15 is 0 Å². The number of nitrogens with one attached hydrogen (secondary N) is 1. The van der Waals surface area contributed by atoms with Gasteiger partial charge in [0.15, 0.2) is 0 Å². The number of hydrogen-bond acceptors (Lipinski definition) is 6. The van der Waals surface area contributed by atoms with Crippen LogP contribution in [0.3, 0.4) is 0 Å². The van der Waals surface area contributed by atoms with Gasteiger partial charge in [-0.15, -0.1) is 10.2 Å². The van der Waals surface area contributed by atoms with Gasteiger partial charge in [-0.3, -0.25) is 14.6 Å². The highest BCUT2D eigenvalue weighted by atomic mass is 32.1. The maximum atomic E-state index is 12.0. The second-order valence-electron chi connectivity index (χ2n) is 3.99. The van der Waals surface area contributed by atoms with Crippen LogP contribution in [0.2, 0.25) is 0 Å². The summed E-state index contributed by atoms with van der Waals surface area (Å²) in [6.07, 6.45) is 5.83. The first-order valence-electron chi connectivity index (χ1n) is 5.34. The van der Waals surface area contributed by atoms with E-state index < -0.39 is 0 Å². The van der Waals surface area contributed by atoms with Crippen molar-refractivity contribution in [3.63, 3.8) is 0 Å². The number of aromatic nitrogens is 4. The van der Waals surface area contributed by atoms with Gasteiger partial charge in [-0.2, -0.15) is 0 Å². The molecule has 1 aliphatic carbocycles. The molecule has 0 radical (unpaired) electrons. The third-order valence-corrected chi connectivity index (χ3v) is 3.55. The molecule has 1 saturated carbocycles. The van der Waals surface area contributed by atoms with Crippen LogP contribution in [0.1, 0.15) is 23.9 Å². The van der Waals surface area contributed by atoms with E-state index in [2.05, 4.69) is 15.6 Å². The lowest BCUT2D eigenvalue weighted by Gasteiger charge is -1.97. The maximum absolute atomic E-state index is 12.0. The highest BCUT2D eigenvalue weighted by Crippen LogP contribution is 2.33. The van der Waals surface area contributed by atoms with Gasteiger partial charge in [-0.25, -0.2) is 10.6 Å². The van der Waals surface area contributed by atoms with Crippen molar-refractivity contribution in [2.45, 2.75) is 25.4 Å². The topological polar surface area (TPSA) is 90.8 Å². The highest BCUT2D eigenvalue weighted by Gasteiger charge is 2.25. The Balaban J connectivity index is 1.82. The van der Waals surface area contributed by atoms with E-state index in [0.29, 0.717) is 17.7 Å². The van der Waals surface area contributed by atoms with Crippen molar-refractivity contribution in [2.24, 2.45) is 5.84 Å². The van der Waals surface area contributed by atoms with Gasteiger partial charge in [-0.1, -0.05) is 11.3 Å². The molecule has 0 aromatic carbocycles. The molecule has 1 fully saturated rings. The third-order valence-electron chi connectivity index (χ3n) is 2.71. The van der Waals surface area contributed by atoms with Crippen molar-refractivity contribution in [3.8, 4) is 0 Å². The zero-order valence-corrected chi connectivity index (χ0v) is 9.85. The van der Waals surface area contributed by atoms with Crippen LogP contribution in [0.25, 0.3) is 0 Å². The zero-order valence-electron chi connectivity index (χ0n) is 9.04. The highest BCUT2D eigenvalue weighted by molar-refractivity contribution is 7.15. The van der Waals surface area contributed by atoms with Gasteiger partial charge in [0, 0.05) is 18.4 Å². The third kappa shape index (κ3) is 1.96. The van der Waals surface area contributed by atoms with Crippen LogP contribution in [0.5, 0.6) is 0 Å². The largest absolute Gasteiger partial charge is 0.328 e. The van der Waals surface area contributed by atoms with Gasteiger partial charge in [-0.05, 0) is 12.8 Å². The molecule has 0 spiro atoms. The molecule has 2 aromatic rings. The van der Waals surface area contributed by atoms with Crippen molar-refractivity contribution in [2.75, 3.05) is 5.43 Å². The number of nitrogens with two attached hydrogens (primary N) is 1. The number of nitrogen functional groups attached to an aromatic ring is 1. The quantitative estimate of drug-likeness (QED) is 0.598. The SMILES string of the molecule is NNc1nnc(Cn2ccn(C3CC3)c2=O)s1. The summed E-state index contributed by atoms with van der Waals surface area (Å²) in [6.45, 7) is 0.442. The van der Waals surface area contributed by atoms with E-state index in [4.69, 9.17) is 5.84 Å². The molecule has 0 bridgehead atoms. The lowest BCUT2D eigenvalue weighted by Crippen LogP contribution is -2.23. The first kappa shape index (κ1) is 10.5. The monoisotopic (exact) mass is 252 g/mol. The molecule has 3 N–H and O–H groups in total. The van der Waals surface area contributed by atoms with Crippen molar-refractivity contribution < 1.29 is 0 Å². The van der Waals surface area contributed by atoms with Gasteiger partial charge in [0.2, 0.25) is 5.13 Å². The molecule has 1 aliphatic rings. The van der Waals surface area contributed by atoms with Crippen molar-refractivity contribution in [1.29, 1.82) is 0 Å². The molecule has 3 rings (SSSR count). The second kappa shape index (κ2) is 3.97. The van der Waals surface area contributed by atoms with Gasteiger partial charge >= 0.3 is 5.69 Å². The summed E-state index contributed by atoms with van der Waals surface area (Å²) in [5, 5.41) is 9.08. The van der Waals surface area contributed by atoms with E-state index in [0.717, 1.165) is 17.8 Å². The lowest BCUT2D eigenvalue weighted by molar-refractivity contribution is 0.653. The van der Waals surface area contributed by atoms with Crippen LogP contribution >= 0.6 is 11.3 Å². The molecule has 0 aliphatic heterocycles. The number of hydrazine groups is 1. The van der Waals surface area contributed by atoms with Gasteiger partial charge < -0.3 is 0 Å². The molecule has 7 nitrogen and oxygen atoms in total. The van der Waals surface area contributed by atoms with Gasteiger partial charge in [0.25, 0.3) is 0 Å². The predicted octanol–water partition coefficient (Wildman–Crippen LogP) is 0.170. The molecule has 0 saturated heterocycles. The van der Waals surface area contributed by atoms with E-state index in [-0.39, 0.29) is 5.69 Å². The number of anilines is 1. The minimum atomic E-state index is 0.0185. The Labute approximate surface area is 101 Å². The van der Waals surface area contributed by atoms with Crippen LogP contribution < -0.4 is 17.0 Å². The summed E-state index contributed by atoms with van der Waals surface area (Å²) < 4.78 is 3.42. The first-order chi connectivity index (χ1) is 8.28. The standard InChI is InChI=1S/C9H12N6OS/c10-11-8-13-12-7(17-8)5-14-3-4-15(9(14)16)6-1-2-6/h3-4,6H,1-2,5,10H2,(H,11,13). The molecule has 8 heteroatoms. The molecule has 2 heterocycles. The average molecular weight is 252 g/mol. The molecule has 90 valence electrons. The lowest BCUT2D eigenvalue weighted by atomic mass is 10.6. The Morgan fingerprint density at radius 2 is 2.29 bits per heavy atom. The summed E-state index contributed by atoms with van der Waals surface area (Å²) in [4.78, 5) is 12.0. The van der Waals surface area contributed by atoms with Crippen LogP contribution in [-0.2, 0) is 6.54 Å². The molecule has 2 aromatic heterocycles. The van der Waals surface area contributed by atoms with E-state index in [1.54, 1.807) is 15.3 Å². The fourth-order valence-corrected chi connectivity index (χ4v) is 2.35. The summed E-state index contributed by atoms with van der Waals surface area (Å²) in [5.41, 5.74) is 2.45. The van der Waals surface area contributed by atoms with Gasteiger partial charge in [0.05, 0.1) is 6.54 Å². The normalized spacial score (nSPS) is 15.1. The Morgan fingerprint density at radius 3 is 2.94 bits per heavy atom. The fraction of sp³-hybridized carbons (Fsp3) is 0.444. The first-order valence-corrected chi connectivity index (χ1v) is 6.16. The van der Waals surface area contributed by atoms with Crippen LogP contribution in [0.4, 0.5) is 5.13 Å². The van der Waals surface area contributed by atoms with Crippen molar-refractivity contribution in [1.82, 2.24) is 19.3 Å². The molecular formula is C9H12N6OS. The molecule has 0 amide bonds. The Morgan fingerprint density at radius 1 is 1.47 bits per heavy atom. The van der Waals surface area contributed by atoms with Crippen LogP contribution in [0.15, 0.2) is 17.2 Å². The smallest absolute Gasteiger partial charge is 0.298 e. The molecule has 0 unspecified atom stereocenters.